The Morgan fingerprint density at radius 2 is 1.85 bits per heavy atom. The largest absolute Gasteiger partial charge is 0.296 e. The summed E-state index contributed by atoms with van der Waals surface area (Å²) < 4.78 is 3.37. The van der Waals surface area contributed by atoms with Gasteiger partial charge in [-0.05, 0) is 33.3 Å². The molecule has 138 valence electrons. The van der Waals surface area contributed by atoms with Crippen LogP contribution in [-0.4, -0.2) is 29.4 Å². The molecule has 4 aromatic rings. The molecule has 4 rings (SSSR count). The maximum absolute atomic E-state index is 12.5. The number of hydrogen-bond donors (Lipinski definition) is 1. The summed E-state index contributed by atoms with van der Waals surface area (Å²) in [5.41, 5.74) is 4.39. The van der Waals surface area contributed by atoms with E-state index in [1.165, 1.54) is 10.1 Å². The molecule has 0 spiro atoms. The first kappa shape index (κ1) is 17.2. The van der Waals surface area contributed by atoms with Gasteiger partial charge in [0, 0.05) is 24.2 Å². The molecule has 0 fully saturated rings. The molecule has 0 saturated carbocycles. The molecule has 0 radical (unpaired) electrons. The van der Waals surface area contributed by atoms with Gasteiger partial charge in [0.25, 0.3) is 5.56 Å². The maximum atomic E-state index is 12.5. The highest BCUT2D eigenvalue weighted by molar-refractivity contribution is 5.77. The summed E-state index contributed by atoms with van der Waals surface area (Å²) in [6.45, 7) is 7.92. The van der Waals surface area contributed by atoms with E-state index in [1.807, 2.05) is 36.9 Å². The van der Waals surface area contributed by atoms with Gasteiger partial charge >= 0.3 is 0 Å². The highest BCUT2D eigenvalue weighted by Gasteiger charge is 2.15. The Labute approximate surface area is 156 Å². The Hall–Kier alpha value is -3.22. The fourth-order valence-corrected chi connectivity index (χ4v) is 3.42. The topological polar surface area (TPSA) is 80.9 Å². The van der Waals surface area contributed by atoms with Crippen LogP contribution in [0.15, 0.2) is 41.3 Å². The summed E-state index contributed by atoms with van der Waals surface area (Å²) in [6.07, 6.45) is 2.43. The van der Waals surface area contributed by atoms with Crippen LogP contribution in [0.5, 0.6) is 0 Å². The third-order valence-electron chi connectivity index (χ3n) is 4.74. The zero-order chi connectivity index (χ0) is 19.1. The van der Waals surface area contributed by atoms with Crippen LogP contribution in [0.25, 0.3) is 16.8 Å². The third kappa shape index (κ3) is 3.16. The predicted octanol–water partition coefficient (Wildman–Crippen LogP) is 3.01. The molecule has 0 bridgehead atoms. The SMILES string of the molecule is Cc1ccc(-c2c[nH]n3c(=O)cc(CC(C)n4nc(C)nc4C)nc23)cc1. The molecule has 1 unspecified atom stereocenters. The second-order valence-corrected chi connectivity index (χ2v) is 7.00. The summed E-state index contributed by atoms with van der Waals surface area (Å²) >= 11 is 0. The van der Waals surface area contributed by atoms with Crippen molar-refractivity contribution < 1.29 is 0 Å². The van der Waals surface area contributed by atoms with Crippen LogP contribution in [0.4, 0.5) is 0 Å². The van der Waals surface area contributed by atoms with Crippen LogP contribution < -0.4 is 5.56 Å². The molecule has 3 aromatic heterocycles. The number of aromatic amines is 1. The van der Waals surface area contributed by atoms with Gasteiger partial charge in [-0.2, -0.15) is 5.10 Å². The number of H-pyrrole nitrogens is 1. The standard InChI is InChI=1S/C20H22N6O/c1-12-5-7-16(8-6-12)18-11-21-26-19(27)10-17(23-20(18)26)9-13(2)25-15(4)22-14(3)24-25/h5-8,10-11,13,21H,9H2,1-4H3. The summed E-state index contributed by atoms with van der Waals surface area (Å²) in [7, 11) is 0. The van der Waals surface area contributed by atoms with E-state index in [2.05, 4.69) is 41.2 Å². The van der Waals surface area contributed by atoms with E-state index in [1.54, 1.807) is 6.07 Å². The molecule has 1 aromatic carbocycles. The molecular formula is C20H22N6O. The van der Waals surface area contributed by atoms with Gasteiger partial charge in [0.2, 0.25) is 0 Å². The highest BCUT2D eigenvalue weighted by atomic mass is 16.1. The number of fused-ring (bicyclic) bond motifs is 1. The minimum atomic E-state index is -0.118. The van der Waals surface area contributed by atoms with Crippen LogP contribution in [-0.2, 0) is 6.42 Å². The Morgan fingerprint density at radius 3 is 2.52 bits per heavy atom. The van der Waals surface area contributed by atoms with Gasteiger partial charge in [0.05, 0.1) is 11.7 Å². The molecule has 7 nitrogen and oxygen atoms in total. The summed E-state index contributed by atoms with van der Waals surface area (Å²) in [6, 6.07) is 9.83. The number of hydrogen-bond acceptors (Lipinski definition) is 4. The fourth-order valence-electron chi connectivity index (χ4n) is 3.42. The number of aryl methyl sites for hydroxylation is 3. The van der Waals surface area contributed by atoms with E-state index in [-0.39, 0.29) is 11.6 Å². The lowest BCUT2D eigenvalue weighted by Gasteiger charge is -2.13. The first-order valence-corrected chi connectivity index (χ1v) is 8.99. The van der Waals surface area contributed by atoms with E-state index in [9.17, 15) is 4.79 Å². The lowest BCUT2D eigenvalue weighted by molar-refractivity contribution is 0.469. The van der Waals surface area contributed by atoms with Gasteiger partial charge in [-0.3, -0.25) is 9.89 Å². The maximum Gasteiger partial charge on any atom is 0.272 e. The molecular weight excluding hydrogens is 340 g/mol. The number of aromatic nitrogens is 6. The molecule has 0 saturated heterocycles. The van der Waals surface area contributed by atoms with Crippen molar-refractivity contribution in [3.63, 3.8) is 0 Å². The average molecular weight is 362 g/mol. The Bertz CT molecular complexity index is 1170. The van der Waals surface area contributed by atoms with Crippen molar-refractivity contribution in [2.45, 2.75) is 40.2 Å². The fraction of sp³-hybridized carbons (Fsp3) is 0.300. The quantitative estimate of drug-likeness (QED) is 0.605. The molecule has 0 aliphatic rings. The van der Waals surface area contributed by atoms with Gasteiger partial charge in [0.15, 0.2) is 5.65 Å². The van der Waals surface area contributed by atoms with Crippen LogP contribution in [0.3, 0.4) is 0 Å². The van der Waals surface area contributed by atoms with Crippen LogP contribution in [0.2, 0.25) is 0 Å². The Kier molecular flexibility index (Phi) is 4.14. The normalized spacial score (nSPS) is 12.6. The van der Waals surface area contributed by atoms with Gasteiger partial charge in [0.1, 0.15) is 11.6 Å². The first-order valence-electron chi connectivity index (χ1n) is 8.99. The van der Waals surface area contributed by atoms with Gasteiger partial charge < -0.3 is 0 Å². The molecule has 1 N–H and O–H groups in total. The zero-order valence-electron chi connectivity index (χ0n) is 15.9. The van der Waals surface area contributed by atoms with Crippen LogP contribution in [0, 0.1) is 20.8 Å². The predicted molar refractivity (Wildman–Crippen MR) is 104 cm³/mol. The second-order valence-electron chi connectivity index (χ2n) is 7.00. The van der Waals surface area contributed by atoms with E-state index < -0.39 is 0 Å². The van der Waals surface area contributed by atoms with Crippen molar-refractivity contribution in [1.29, 1.82) is 0 Å². The number of rotatable bonds is 4. The monoisotopic (exact) mass is 362 g/mol. The van der Waals surface area contributed by atoms with Crippen LogP contribution in [0.1, 0.15) is 35.9 Å². The minimum absolute atomic E-state index is 0.0577. The minimum Gasteiger partial charge on any atom is -0.296 e. The van der Waals surface area contributed by atoms with E-state index in [0.717, 1.165) is 28.5 Å². The van der Waals surface area contributed by atoms with Gasteiger partial charge in [-0.1, -0.05) is 29.8 Å². The lowest BCUT2D eigenvalue weighted by Crippen LogP contribution is -2.18. The molecule has 27 heavy (non-hydrogen) atoms. The van der Waals surface area contributed by atoms with Crippen LogP contribution >= 0.6 is 0 Å². The van der Waals surface area contributed by atoms with Crippen molar-refractivity contribution in [2.75, 3.05) is 0 Å². The molecule has 0 aliphatic heterocycles. The molecule has 0 aliphatic carbocycles. The summed E-state index contributed by atoms with van der Waals surface area (Å²) in [5.74, 6) is 1.61. The Balaban J connectivity index is 1.74. The zero-order valence-corrected chi connectivity index (χ0v) is 15.9. The number of nitrogens with one attached hydrogen (secondary N) is 1. The van der Waals surface area contributed by atoms with Crippen molar-refractivity contribution in [3.8, 4) is 11.1 Å². The molecule has 1 atom stereocenters. The summed E-state index contributed by atoms with van der Waals surface area (Å²) in [4.78, 5) is 21.7. The van der Waals surface area contributed by atoms with E-state index in [0.29, 0.717) is 12.1 Å². The third-order valence-corrected chi connectivity index (χ3v) is 4.74. The summed E-state index contributed by atoms with van der Waals surface area (Å²) in [5, 5.41) is 7.45. The van der Waals surface area contributed by atoms with E-state index in [4.69, 9.17) is 4.98 Å². The van der Waals surface area contributed by atoms with Gasteiger partial charge in [-0.15, -0.1) is 0 Å². The highest BCUT2D eigenvalue weighted by Crippen LogP contribution is 2.23. The molecule has 0 amide bonds. The smallest absolute Gasteiger partial charge is 0.272 e. The van der Waals surface area contributed by atoms with Crippen molar-refractivity contribution in [1.82, 2.24) is 29.4 Å². The van der Waals surface area contributed by atoms with Gasteiger partial charge in [-0.25, -0.2) is 19.2 Å². The Morgan fingerprint density at radius 1 is 1.11 bits per heavy atom. The van der Waals surface area contributed by atoms with Crippen molar-refractivity contribution in [3.05, 3.63) is 69.8 Å². The first-order chi connectivity index (χ1) is 12.9. The second kappa shape index (κ2) is 6.50. The number of nitrogens with zero attached hydrogens (tertiary/aromatic N) is 5. The van der Waals surface area contributed by atoms with Crippen molar-refractivity contribution >= 4 is 5.65 Å². The lowest BCUT2D eigenvalue weighted by atomic mass is 10.1. The van der Waals surface area contributed by atoms with E-state index >= 15 is 0 Å². The molecule has 3 heterocycles. The van der Waals surface area contributed by atoms with Crippen molar-refractivity contribution in [2.24, 2.45) is 0 Å². The average Bonchev–Trinajstić information content (AvgIpc) is 3.19. The molecule has 7 heteroatoms. The number of benzene rings is 1.